The van der Waals surface area contributed by atoms with E-state index in [1.54, 1.807) is 9.80 Å². The summed E-state index contributed by atoms with van der Waals surface area (Å²) in [4.78, 5) is 28.0. The van der Waals surface area contributed by atoms with Gasteiger partial charge in [-0.15, -0.1) is 0 Å². The molecule has 6 nitrogen and oxygen atoms in total. The zero-order chi connectivity index (χ0) is 19.3. The van der Waals surface area contributed by atoms with Gasteiger partial charge in [-0.3, -0.25) is 4.90 Å². The van der Waals surface area contributed by atoms with E-state index in [0.717, 1.165) is 24.1 Å². The predicted octanol–water partition coefficient (Wildman–Crippen LogP) is 4.06. The number of amides is 2. The molecule has 2 aromatic rings. The summed E-state index contributed by atoms with van der Waals surface area (Å²) in [5.41, 5.74) is 1.83. The number of hydrogen-bond donors (Lipinski definition) is 0. The van der Waals surface area contributed by atoms with Crippen molar-refractivity contribution in [2.45, 2.75) is 25.6 Å². The van der Waals surface area contributed by atoms with E-state index < -0.39 is 0 Å². The lowest BCUT2D eigenvalue weighted by Gasteiger charge is -2.33. The minimum absolute atomic E-state index is 0.129. The molecule has 1 atom stereocenters. The molecule has 0 bridgehead atoms. The van der Waals surface area contributed by atoms with Gasteiger partial charge in [0, 0.05) is 24.7 Å². The number of nitrogens with zero attached hydrogens (tertiary/aromatic N) is 2. The molecule has 0 radical (unpaired) electrons. The highest BCUT2D eigenvalue weighted by molar-refractivity contribution is 5.89. The average Bonchev–Trinajstić information content (AvgIpc) is 3.15. The second-order valence-electron chi connectivity index (χ2n) is 7.23. The third-order valence-corrected chi connectivity index (χ3v) is 5.43. The largest absolute Gasteiger partial charge is 0.445 e. The molecule has 2 aliphatic rings. The maximum Gasteiger partial charge on any atom is 0.414 e. The highest BCUT2D eigenvalue weighted by Crippen LogP contribution is 2.30. The molecule has 2 saturated heterocycles. The number of carbonyl (C=O) groups is 2. The van der Waals surface area contributed by atoms with Crippen molar-refractivity contribution in [3.05, 3.63) is 66.2 Å². The van der Waals surface area contributed by atoms with E-state index in [1.165, 1.54) is 0 Å². The first kappa shape index (κ1) is 18.3. The predicted molar refractivity (Wildman–Crippen MR) is 105 cm³/mol. The Kier molecular flexibility index (Phi) is 5.46. The quantitative estimate of drug-likeness (QED) is 0.803. The van der Waals surface area contributed by atoms with E-state index in [0.29, 0.717) is 19.6 Å². The smallest absolute Gasteiger partial charge is 0.414 e. The molecule has 28 heavy (non-hydrogen) atoms. The zero-order valence-corrected chi connectivity index (χ0v) is 15.7. The van der Waals surface area contributed by atoms with Crippen molar-refractivity contribution in [2.75, 3.05) is 24.5 Å². The first-order valence-corrected chi connectivity index (χ1v) is 9.69. The fourth-order valence-electron chi connectivity index (χ4n) is 3.81. The summed E-state index contributed by atoms with van der Waals surface area (Å²) in [5.74, 6) is 0.260. The molecular formula is C22H24N2O4. The minimum atomic E-state index is -0.291. The number of piperidine rings is 1. The van der Waals surface area contributed by atoms with Gasteiger partial charge < -0.3 is 14.4 Å². The van der Waals surface area contributed by atoms with Crippen LogP contribution in [0.2, 0.25) is 0 Å². The van der Waals surface area contributed by atoms with Crippen LogP contribution >= 0.6 is 0 Å². The molecule has 2 aromatic carbocycles. The van der Waals surface area contributed by atoms with Crippen LogP contribution in [0.3, 0.4) is 0 Å². The molecule has 1 unspecified atom stereocenters. The van der Waals surface area contributed by atoms with Gasteiger partial charge in [-0.2, -0.15) is 0 Å². The summed E-state index contributed by atoms with van der Waals surface area (Å²) in [6.07, 6.45) is 0.912. The third kappa shape index (κ3) is 4.11. The number of ether oxygens (including phenoxy) is 2. The molecule has 0 spiro atoms. The van der Waals surface area contributed by atoms with Crippen molar-refractivity contribution in [3.63, 3.8) is 0 Å². The molecule has 2 fully saturated rings. The lowest BCUT2D eigenvalue weighted by Crippen LogP contribution is -2.42. The number of likely N-dealkylation sites (tertiary alicyclic amines) is 1. The van der Waals surface area contributed by atoms with E-state index in [1.807, 2.05) is 60.7 Å². The average molecular weight is 380 g/mol. The molecular weight excluding hydrogens is 356 g/mol. The van der Waals surface area contributed by atoms with Gasteiger partial charge in [-0.25, -0.2) is 9.59 Å². The van der Waals surface area contributed by atoms with Gasteiger partial charge in [0.1, 0.15) is 12.7 Å². The van der Waals surface area contributed by atoms with Crippen LogP contribution in [0.4, 0.5) is 15.3 Å². The van der Waals surface area contributed by atoms with Crippen LogP contribution in [0, 0.1) is 5.92 Å². The first-order valence-electron chi connectivity index (χ1n) is 9.69. The van der Waals surface area contributed by atoms with Gasteiger partial charge >= 0.3 is 12.2 Å². The molecule has 4 rings (SSSR count). The van der Waals surface area contributed by atoms with Crippen LogP contribution in [0.15, 0.2) is 60.7 Å². The number of rotatable bonds is 4. The summed E-state index contributed by atoms with van der Waals surface area (Å²) >= 11 is 0. The van der Waals surface area contributed by atoms with Crippen LogP contribution in [-0.2, 0) is 16.1 Å². The monoisotopic (exact) mass is 380 g/mol. The Morgan fingerprint density at radius 1 is 1.00 bits per heavy atom. The van der Waals surface area contributed by atoms with Crippen LogP contribution in [0.5, 0.6) is 0 Å². The first-order chi connectivity index (χ1) is 13.7. The Balaban J connectivity index is 1.26. The van der Waals surface area contributed by atoms with Gasteiger partial charge in [0.05, 0.1) is 6.54 Å². The fourth-order valence-corrected chi connectivity index (χ4v) is 3.81. The Morgan fingerprint density at radius 2 is 1.64 bits per heavy atom. The molecule has 0 N–H and O–H groups in total. The van der Waals surface area contributed by atoms with Gasteiger partial charge in [0.15, 0.2) is 0 Å². The Morgan fingerprint density at radius 3 is 2.32 bits per heavy atom. The summed E-state index contributed by atoms with van der Waals surface area (Å²) in [7, 11) is 0. The van der Waals surface area contributed by atoms with Crippen molar-refractivity contribution in [3.8, 4) is 0 Å². The van der Waals surface area contributed by atoms with E-state index in [-0.39, 0.29) is 30.8 Å². The third-order valence-electron chi connectivity index (χ3n) is 5.43. The number of carbonyl (C=O) groups excluding carboxylic acids is 2. The Labute approximate surface area is 164 Å². The highest BCUT2D eigenvalue weighted by Gasteiger charge is 2.39. The molecule has 2 aliphatic heterocycles. The fraction of sp³-hybridized carbons (Fsp3) is 0.364. The molecule has 2 heterocycles. The summed E-state index contributed by atoms with van der Waals surface area (Å²) < 4.78 is 11.0. The van der Waals surface area contributed by atoms with Crippen molar-refractivity contribution >= 4 is 17.9 Å². The van der Waals surface area contributed by atoms with Crippen molar-refractivity contribution in [1.82, 2.24) is 4.90 Å². The van der Waals surface area contributed by atoms with Crippen molar-refractivity contribution < 1.29 is 19.1 Å². The van der Waals surface area contributed by atoms with Crippen LogP contribution in [-0.4, -0.2) is 42.8 Å². The van der Waals surface area contributed by atoms with E-state index >= 15 is 0 Å². The standard InChI is InChI=1S/C22H24N2O4/c25-21(27-16-17-7-3-1-4-8-17)23-13-11-18(12-14-23)20-15-24(22(26)28-20)19-9-5-2-6-10-19/h1-10,18,20H,11-16H2. The van der Waals surface area contributed by atoms with Crippen molar-refractivity contribution in [2.24, 2.45) is 5.92 Å². The Hall–Kier alpha value is -3.02. The molecule has 0 aliphatic carbocycles. The van der Waals surface area contributed by atoms with Crippen LogP contribution < -0.4 is 4.90 Å². The van der Waals surface area contributed by atoms with Gasteiger partial charge in [0.2, 0.25) is 0 Å². The SMILES string of the molecule is O=C(OCc1ccccc1)N1CCC(C2CN(c3ccccc3)C(=O)O2)CC1. The van der Waals surface area contributed by atoms with Crippen LogP contribution in [0.1, 0.15) is 18.4 Å². The number of hydrogen-bond acceptors (Lipinski definition) is 4. The summed E-state index contributed by atoms with van der Waals surface area (Å²) in [5, 5.41) is 0. The van der Waals surface area contributed by atoms with Gasteiger partial charge in [-0.1, -0.05) is 48.5 Å². The highest BCUT2D eigenvalue weighted by atomic mass is 16.6. The van der Waals surface area contributed by atoms with Crippen molar-refractivity contribution in [1.29, 1.82) is 0 Å². The number of benzene rings is 2. The number of para-hydroxylation sites is 1. The van der Waals surface area contributed by atoms with E-state index in [9.17, 15) is 9.59 Å². The second-order valence-corrected chi connectivity index (χ2v) is 7.23. The maximum absolute atomic E-state index is 12.3. The molecule has 0 saturated carbocycles. The van der Waals surface area contributed by atoms with E-state index in [2.05, 4.69) is 0 Å². The normalized spacial score (nSPS) is 20.1. The van der Waals surface area contributed by atoms with E-state index in [4.69, 9.17) is 9.47 Å². The molecule has 146 valence electrons. The summed E-state index contributed by atoms with van der Waals surface area (Å²) in [6, 6.07) is 19.2. The molecule has 0 aromatic heterocycles. The lowest BCUT2D eigenvalue weighted by atomic mass is 9.91. The molecule has 6 heteroatoms. The zero-order valence-electron chi connectivity index (χ0n) is 15.7. The second kappa shape index (κ2) is 8.33. The topological polar surface area (TPSA) is 59.1 Å². The van der Waals surface area contributed by atoms with Gasteiger partial charge in [-0.05, 0) is 30.5 Å². The Bertz CT molecular complexity index is 804. The minimum Gasteiger partial charge on any atom is -0.445 e. The van der Waals surface area contributed by atoms with Gasteiger partial charge in [0.25, 0.3) is 0 Å². The molecule has 2 amide bonds. The number of anilines is 1. The number of cyclic esters (lactones) is 1. The maximum atomic E-state index is 12.3. The van der Waals surface area contributed by atoms with Crippen LogP contribution in [0.25, 0.3) is 0 Å². The lowest BCUT2D eigenvalue weighted by molar-refractivity contribution is 0.0518. The summed E-state index contributed by atoms with van der Waals surface area (Å²) in [6.45, 7) is 2.09.